The zero-order valence-electron chi connectivity index (χ0n) is 14.4. The van der Waals surface area contributed by atoms with E-state index >= 15 is 0 Å². The van der Waals surface area contributed by atoms with Gasteiger partial charge >= 0.3 is 5.97 Å². The fourth-order valence-corrected chi connectivity index (χ4v) is 5.08. The van der Waals surface area contributed by atoms with Crippen LogP contribution in [0.2, 0.25) is 0 Å². The van der Waals surface area contributed by atoms with Crippen molar-refractivity contribution in [2.45, 2.75) is 44.6 Å². The van der Waals surface area contributed by atoms with Crippen molar-refractivity contribution in [1.82, 2.24) is 0 Å². The van der Waals surface area contributed by atoms with E-state index in [-0.39, 0.29) is 16.4 Å². The summed E-state index contributed by atoms with van der Waals surface area (Å²) in [5.41, 5.74) is 2.12. The summed E-state index contributed by atoms with van der Waals surface area (Å²) in [5.74, 6) is -0.443. The number of sulfone groups is 1. The summed E-state index contributed by atoms with van der Waals surface area (Å²) in [4.78, 5) is 12.3. The molecule has 0 amide bonds. The molecule has 3 atom stereocenters. The van der Waals surface area contributed by atoms with Crippen molar-refractivity contribution in [3.8, 4) is 0 Å². The molecule has 4 nitrogen and oxygen atoms in total. The Kier molecular flexibility index (Phi) is 4.11. The molecule has 0 unspecified atom stereocenters. The van der Waals surface area contributed by atoms with Crippen LogP contribution in [0.15, 0.2) is 41.3 Å². The van der Waals surface area contributed by atoms with Crippen LogP contribution in [0.3, 0.4) is 0 Å². The second kappa shape index (κ2) is 5.73. The molecule has 3 saturated carbocycles. The van der Waals surface area contributed by atoms with Gasteiger partial charge in [0.05, 0.1) is 4.90 Å². The van der Waals surface area contributed by atoms with Gasteiger partial charge in [-0.3, -0.25) is 4.79 Å². The summed E-state index contributed by atoms with van der Waals surface area (Å²) in [5, 5.41) is 0. The first kappa shape index (κ1) is 17.2. The minimum Gasteiger partial charge on any atom is -0.457 e. The molecule has 3 aliphatic rings. The maximum absolute atomic E-state index is 12.3. The van der Waals surface area contributed by atoms with Crippen LogP contribution in [0, 0.1) is 24.2 Å². The number of ether oxygens (including phenoxy) is 1. The molecule has 0 spiro atoms. The van der Waals surface area contributed by atoms with E-state index < -0.39 is 21.6 Å². The Balaban J connectivity index is 1.64. The zero-order chi connectivity index (χ0) is 17.7. The van der Waals surface area contributed by atoms with E-state index in [1.807, 2.05) is 6.92 Å². The molecule has 0 heterocycles. The van der Waals surface area contributed by atoms with Gasteiger partial charge in [-0.05, 0) is 54.7 Å². The van der Waals surface area contributed by atoms with Gasteiger partial charge in [0.15, 0.2) is 15.6 Å². The highest BCUT2D eigenvalue weighted by molar-refractivity contribution is 7.92. The molecule has 0 aliphatic heterocycles. The third-order valence-electron chi connectivity index (χ3n) is 5.79. The van der Waals surface area contributed by atoms with Gasteiger partial charge in [0.25, 0.3) is 0 Å². The number of hydrogen-bond donors (Lipinski definition) is 0. The van der Waals surface area contributed by atoms with Crippen LogP contribution < -0.4 is 0 Å². The standard InChI is InChI=1S/C19H24O4S/c1-12-5-7-15(8-6-12)24(21,22)11-18(20)23-17-10-14-9-16(13(17)2)19(14,3)4/h5-8,14,16-17H,2,9-11H2,1,3-4H3/t14-,16+,17+/m0/s1. The number of hydrogen-bond acceptors (Lipinski definition) is 4. The monoisotopic (exact) mass is 348 g/mol. The summed E-state index contributed by atoms with van der Waals surface area (Å²) in [6.45, 7) is 10.4. The zero-order valence-corrected chi connectivity index (χ0v) is 15.2. The summed E-state index contributed by atoms with van der Waals surface area (Å²) in [6, 6.07) is 6.48. The average molecular weight is 348 g/mol. The van der Waals surface area contributed by atoms with E-state index in [4.69, 9.17) is 4.74 Å². The second-order valence-electron chi connectivity index (χ2n) is 7.67. The first-order valence-electron chi connectivity index (χ1n) is 8.29. The summed E-state index contributed by atoms with van der Waals surface area (Å²) in [6.07, 6.45) is 1.50. The highest BCUT2D eigenvalue weighted by atomic mass is 32.2. The maximum atomic E-state index is 12.3. The minimum atomic E-state index is -3.67. The van der Waals surface area contributed by atoms with Crippen molar-refractivity contribution in [1.29, 1.82) is 0 Å². The van der Waals surface area contributed by atoms with Crippen molar-refractivity contribution in [2.24, 2.45) is 17.3 Å². The molecule has 0 aromatic heterocycles. The van der Waals surface area contributed by atoms with Gasteiger partial charge < -0.3 is 4.74 Å². The van der Waals surface area contributed by atoms with Crippen molar-refractivity contribution in [3.05, 3.63) is 42.0 Å². The number of rotatable bonds is 4. The van der Waals surface area contributed by atoms with Gasteiger partial charge in [-0.2, -0.15) is 0 Å². The molecule has 2 bridgehead atoms. The first-order valence-corrected chi connectivity index (χ1v) is 9.94. The lowest BCUT2D eigenvalue weighted by molar-refractivity contribution is -0.153. The van der Waals surface area contributed by atoms with Crippen LogP contribution in [0.4, 0.5) is 0 Å². The second-order valence-corrected chi connectivity index (χ2v) is 9.66. The molecule has 0 N–H and O–H groups in total. The van der Waals surface area contributed by atoms with Crippen molar-refractivity contribution < 1.29 is 17.9 Å². The van der Waals surface area contributed by atoms with Gasteiger partial charge in [0.1, 0.15) is 6.10 Å². The maximum Gasteiger partial charge on any atom is 0.322 e. The van der Waals surface area contributed by atoms with Crippen LogP contribution in [0.5, 0.6) is 0 Å². The van der Waals surface area contributed by atoms with Crippen LogP contribution in [-0.2, 0) is 19.4 Å². The van der Waals surface area contributed by atoms with Crippen molar-refractivity contribution >= 4 is 15.8 Å². The lowest BCUT2D eigenvalue weighted by atomic mass is 9.47. The Morgan fingerprint density at radius 3 is 2.42 bits per heavy atom. The molecular formula is C19H24O4S. The van der Waals surface area contributed by atoms with Gasteiger partial charge in [0.2, 0.25) is 0 Å². The molecule has 130 valence electrons. The third kappa shape index (κ3) is 2.90. The van der Waals surface area contributed by atoms with Crippen molar-refractivity contribution in [2.75, 3.05) is 5.75 Å². The fraction of sp³-hybridized carbons (Fsp3) is 0.526. The Bertz CT molecular complexity index is 774. The van der Waals surface area contributed by atoms with E-state index in [0.717, 1.165) is 24.0 Å². The largest absolute Gasteiger partial charge is 0.457 e. The Morgan fingerprint density at radius 1 is 1.25 bits per heavy atom. The molecule has 24 heavy (non-hydrogen) atoms. The molecular weight excluding hydrogens is 324 g/mol. The quantitative estimate of drug-likeness (QED) is 0.619. The van der Waals surface area contributed by atoms with E-state index in [0.29, 0.717) is 11.8 Å². The molecule has 0 saturated heterocycles. The Hall–Kier alpha value is -1.62. The molecule has 5 heteroatoms. The number of fused-ring (bicyclic) bond motifs is 2. The molecule has 3 fully saturated rings. The topological polar surface area (TPSA) is 60.4 Å². The van der Waals surface area contributed by atoms with Gasteiger partial charge in [-0.25, -0.2) is 8.42 Å². The minimum absolute atomic E-state index is 0.150. The summed E-state index contributed by atoms with van der Waals surface area (Å²) in [7, 11) is -3.67. The van der Waals surface area contributed by atoms with E-state index in [2.05, 4.69) is 20.4 Å². The number of carbonyl (C=O) groups excluding carboxylic acids is 1. The van der Waals surface area contributed by atoms with Crippen LogP contribution in [0.25, 0.3) is 0 Å². The summed E-state index contributed by atoms with van der Waals surface area (Å²) < 4.78 is 30.1. The highest BCUT2D eigenvalue weighted by Crippen LogP contribution is 2.61. The SMILES string of the molecule is C=C1[C@H]2C[C@@H](C[C@H]1OC(=O)CS(=O)(=O)c1ccc(C)cc1)C2(C)C. The highest BCUT2D eigenvalue weighted by Gasteiger charge is 2.55. The summed E-state index contributed by atoms with van der Waals surface area (Å²) >= 11 is 0. The van der Waals surface area contributed by atoms with Crippen LogP contribution in [0.1, 0.15) is 32.3 Å². The fourth-order valence-electron chi connectivity index (χ4n) is 3.98. The normalized spacial score (nSPS) is 28.1. The predicted molar refractivity (Wildman–Crippen MR) is 92.2 cm³/mol. The lowest BCUT2D eigenvalue weighted by Crippen LogP contribution is -2.54. The number of carbonyl (C=O) groups is 1. The smallest absolute Gasteiger partial charge is 0.322 e. The predicted octanol–water partition coefficient (Wildman–Crippen LogP) is 3.30. The first-order chi connectivity index (χ1) is 11.1. The van der Waals surface area contributed by atoms with E-state index in [9.17, 15) is 13.2 Å². The molecule has 4 rings (SSSR count). The Morgan fingerprint density at radius 2 is 1.88 bits per heavy atom. The Labute approximate surface area is 143 Å². The van der Waals surface area contributed by atoms with Crippen LogP contribution in [-0.4, -0.2) is 26.2 Å². The van der Waals surface area contributed by atoms with E-state index in [1.165, 1.54) is 12.1 Å². The van der Waals surface area contributed by atoms with Crippen LogP contribution >= 0.6 is 0 Å². The lowest BCUT2D eigenvalue weighted by Gasteiger charge is -2.59. The molecule has 3 aliphatic carbocycles. The van der Waals surface area contributed by atoms with Crippen molar-refractivity contribution in [3.63, 3.8) is 0 Å². The molecule has 1 aromatic carbocycles. The number of benzene rings is 1. The average Bonchev–Trinajstić information content (AvgIpc) is 2.48. The van der Waals surface area contributed by atoms with E-state index in [1.54, 1.807) is 12.1 Å². The number of esters is 1. The van der Waals surface area contributed by atoms with Gasteiger partial charge in [-0.1, -0.05) is 38.1 Å². The third-order valence-corrected chi connectivity index (χ3v) is 7.40. The number of aryl methyl sites for hydroxylation is 1. The molecule has 1 aromatic rings. The van der Waals surface area contributed by atoms with Gasteiger partial charge in [0, 0.05) is 0 Å². The van der Waals surface area contributed by atoms with Gasteiger partial charge in [-0.15, -0.1) is 0 Å². The molecule has 0 radical (unpaired) electrons.